The SMILES string of the molecule is CCOC(=O)C(=O)CC1CC1(F)F. The Labute approximate surface area is 74.1 Å². The van der Waals surface area contributed by atoms with Gasteiger partial charge in [-0.15, -0.1) is 0 Å². The quantitative estimate of drug-likeness (QED) is 0.496. The van der Waals surface area contributed by atoms with Gasteiger partial charge in [0.15, 0.2) is 0 Å². The molecule has 0 amide bonds. The van der Waals surface area contributed by atoms with Gasteiger partial charge in [0.2, 0.25) is 5.78 Å². The van der Waals surface area contributed by atoms with E-state index in [0.717, 1.165) is 0 Å². The topological polar surface area (TPSA) is 43.4 Å². The van der Waals surface area contributed by atoms with Crippen LogP contribution in [0, 0.1) is 5.92 Å². The van der Waals surface area contributed by atoms with Crippen LogP contribution >= 0.6 is 0 Å². The third kappa shape index (κ3) is 2.47. The van der Waals surface area contributed by atoms with Crippen LogP contribution in [0.5, 0.6) is 0 Å². The Kier molecular flexibility index (Phi) is 2.63. The zero-order valence-electron chi connectivity index (χ0n) is 7.18. The first-order valence-corrected chi connectivity index (χ1v) is 4.05. The van der Waals surface area contributed by atoms with Gasteiger partial charge in [-0.25, -0.2) is 13.6 Å². The fourth-order valence-corrected chi connectivity index (χ4v) is 1.01. The number of carbonyl (C=O) groups excluding carboxylic acids is 2. The summed E-state index contributed by atoms with van der Waals surface area (Å²) >= 11 is 0. The number of alkyl halides is 2. The van der Waals surface area contributed by atoms with Gasteiger partial charge in [-0.05, 0) is 6.92 Å². The summed E-state index contributed by atoms with van der Waals surface area (Å²) in [6.45, 7) is 1.64. The van der Waals surface area contributed by atoms with Crippen molar-refractivity contribution in [2.45, 2.75) is 25.7 Å². The van der Waals surface area contributed by atoms with Crippen molar-refractivity contribution in [1.82, 2.24) is 0 Å². The summed E-state index contributed by atoms with van der Waals surface area (Å²) in [6, 6.07) is 0. The van der Waals surface area contributed by atoms with E-state index in [2.05, 4.69) is 4.74 Å². The van der Waals surface area contributed by atoms with Crippen LogP contribution in [-0.4, -0.2) is 24.3 Å². The second kappa shape index (κ2) is 3.40. The number of halogens is 2. The Hall–Kier alpha value is -1.00. The zero-order chi connectivity index (χ0) is 10.1. The Morgan fingerprint density at radius 1 is 1.54 bits per heavy atom. The number of hydrogen-bond donors (Lipinski definition) is 0. The molecule has 0 saturated heterocycles. The first-order chi connectivity index (χ1) is 5.97. The molecule has 0 N–H and O–H groups in total. The minimum Gasteiger partial charge on any atom is -0.460 e. The monoisotopic (exact) mass is 192 g/mol. The molecule has 1 aliphatic rings. The normalized spacial score (nSPS) is 23.8. The van der Waals surface area contributed by atoms with E-state index in [1.807, 2.05) is 0 Å². The van der Waals surface area contributed by atoms with Crippen LogP contribution in [0.15, 0.2) is 0 Å². The molecule has 13 heavy (non-hydrogen) atoms. The molecule has 0 radical (unpaired) electrons. The van der Waals surface area contributed by atoms with Crippen LogP contribution in [0.4, 0.5) is 8.78 Å². The Morgan fingerprint density at radius 3 is 2.46 bits per heavy atom. The average Bonchev–Trinajstić information content (AvgIpc) is 2.59. The standard InChI is InChI=1S/C8H10F2O3/c1-2-13-7(12)6(11)3-5-4-8(5,9)10/h5H,2-4H2,1H3. The van der Waals surface area contributed by atoms with Crippen molar-refractivity contribution in [3.63, 3.8) is 0 Å². The van der Waals surface area contributed by atoms with E-state index in [9.17, 15) is 18.4 Å². The fourth-order valence-electron chi connectivity index (χ4n) is 1.01. The maximum Gasteiger partial charge on any atom is 0.374 e. The maximum atomic E-state index is 12.3. The van der Waals surface area contributed by atoms with Crippen molar-refractivity contribution in [1.29, 1.82) is 0 Å². The molecule has 74 valence electrons. The first-order valence-electron chi connectivity index (χ1n) is 4.05. The highest BCUT2D eigenvalue weighted by Crippen LogP contribution is 2.50. The maximum absolute atomic E-state index is 12.3. The number of esters is 1. The van der Waals surface area contributed by atoms with Crippen LogP contribution in [0.2, 0.25) is 0 Å². The van der Waals surface area contributed by atoms with E-state index in [0.29, 0.717) is 0 Å². The molecule has 0 heterocycles. The van der Waals surface area contributed by atoms with Crippen LogP contribution in [0.3, 0.4) is 0 Å². The van der Waals surface area contributed by atoms with Crippen molar-refractivity contribution in [3.8, 4) is 0 Å². The summed E-state index contributed by atoms with van der Waals surface area (Å²) < 4.78 is 29.0. The Morgan fingerprint density at radius 2 is 2.08 bits per heavy atom. The fraction of sp³-hybridized carbons (Fsp3) is 0.750. The first kappa shape index (κ1) is 10.1. The molecule has 1 atom stereocenters. The number of hydrogen-bond acceptors (Lipinski definition) is 3. The zero-order valence-corrected chi connectivity index (χ0v) is 7.18. The van der Waals surface area contributed by atoms with Gasteiger partial charge < -0.3 is 4.74 Å². The minimum absolute atomic E-state index is 0.0889. The predicted octanol–water partition coefficient (Wildman–Crippen LogP) is 1.16. The molecule has 0 spiro atoms. The molecule has 1 rings (SSSR count). The lowest BCUT2D eigenvalue weighted by molar-refractivity contribution is -0.153. The van der Waals surface area contributed by atoms with Gasteiger partial charge in [-0.3, -0.25) is 4.79 Å². The Balaban J connectivity index is 2.30. The highest BCUT2D eigenvalue weighted by atomic mass is 19.3. The number of ether oxygens (including phenoxy) is 1. The molecule has 0 aromatic heterocycles. The molecule has 0 aliphatic heterocycles. The minimum atomic E-state index is -2.75. The average molecular weight is 192 g/mol. The van der Waals surface area contributed by atoms with Gasteiger partial charge >= 0.3 is 5.97 Å². The lowest BCUT2D eigenvalue weighted by Crippen LogP contribution is -2.18. The molecule has 1 unspecified atom stereocenters. The molecule has 0 aromatic rings. The molecular formula is C8H10F2O3. The van der Waals surface area contributed by atoms with E-state index in [4.69, 9.17) is 0 Å². The molecular weight excluding hydrogens is 182 g/mol. The highest BCUT2D eigenvalue weighted by Gasteiger charge is 2.57. The summed E-state index contributed by atoms with van der Waals surface area (Å²) in [6.07, 6.45) is -0.690. The summed E-state index contributed by atoms with van der Waals surface area (Å²) in [5.74, 6) is -5.57. The van der Waals surface area contributed by atoms with Crippen LogP contribution in [0.25, 0.3) is 0 Å². The molecule has 0 aromatic carbocycles. The van der Waals surface area contributed by atoms with E-state index >= 15 is 0 Å². The summed E-state index contributed by atoms with van der Waals surface area (Å²) in [5.41, 5.74) is 0. The summed E-state index contributed by atoms with van der Waals surface area (Å²) in [7, 11) is 0. The van der Waals surface area contributed by atoms with Crippen molar-refractivity contribution < 1.29 is 23.1 Å². The Bertz CT molecular complexity index is 238. The summed E-state index contributed by atoms with van der Waals surface area (Å²) in [4.78, 5) is 21.6. The van der Waals surface area contributed by atoms with Gasteiger partial charge in [0.25, 0.3) is 5.92 Å². The smallest absolute Gasteiger partial charge is 0.374 e. The third-order valence-electron chi connectivity index (χ3n) is 1.89. The van der Waals surface area contributed by atoms with Crippen LogP contribution < -0.4 is 0 Å². The molecule has 3 nitrogen and oxygen atoms in total. The van der Waals surface area contributed by atoms with Crippen molar-refractivity contribution in [3.05, 3.63) is 0 Å². The number of ketones is 1. The lowest BCUT2D eigenvalue weighted by Gasteiger charge is -1.99. The number of carbonyl (C=O) groups is 2. The molecule has 1 aliphatic carbocycles. The van der Waals surface area contributed by atoms with Crippen molar-refractivity contribution in [2.75, 3.05) is 6.61 Å². The molecule has 5 heteroatoms. The van der Waals surface area contributed by atoms with Crippen LogP contribution in [0.1, 0.15) is 19.8 Å². The van der Waals surface area contributed by atoms with E-state index in [-0.39, 0.29) is 13.0 Å². The molecule has 1 saturated carbocycles. The van der Waals surface area contributed by atoms with E-state index in [1.54, 1.807) is 6.92 Å². The highest BCUT2D eigenvalue weighted by molar-refractivity contribution is 6.33. The van der Waals surface area contributed by atoms with Gasteiger partial charge in [0, 0.05) is 18.8 Å². The van der Waals surface area contributed by atoms with Crippen molar-refractivity contribution >= 4 is 11.8 Å². The van der Waals surface area contributed by atoms with Crippen LogP contribution in [-0.2, 0) is 14.3 Å². The van der Waals surface area contributed by atoms with Gasteiger partial charge in [-0.2, -0.15) is 0 Å². The number of rotatable bonds is 4. The summed E-state index contributed by atoms with van der Waals surface area (Å²) in [5, 5.41) is 0. The predicted molar refractivity (Wildman–Crippen MR) is 39.3 cm³/mol. The largest absolute Gasteiger partial charge is 0.460 e. The number of Topliss-reactive ketones (excluding diaryl/α,β-unsaturated/α-hetero) is 1. The van der Waals surface area contributed by atoms with Gasteiger partial charge in [0.1, 0.15) is 0 Å². The molecule has 1 fully saturated rings. The van der Waals surface area contributed by atoms with E-state index < -0.39 is 30.0 Å². The third-order valence-corrected chi connectivity index (χ3v) is 1.89. The lowest BCUT2D eigenvalue weighted by atomic mass is 10.2. The van der Waals surface area contributed by atoms with E-state index in [1.165, 1.54) is 0 Å². The second-order valence-corrected chi connectivity index (χ2v) is 3.01. The van der Waals surface area contributed by atoms with Gasteiger partial charge in [0.05, 0.1) is 6.61 Å². The second-order valence-electron chi connectivity index (χ2n) is 3.01. The van der Waals surface area contributed by atoms with Gasteiger partial charge in [-0.1, -0.05) is 0 Å². The van der Waals surface area contributed by atoms with Crippen molar-refractivity contribution in [2.24, 2.45) is 5.92 Å². The molecule has 0 bridgehead atoms.